The SMILES string of the molecule is CC(Cl)c1nnc(C(C)C(C)C)o1. The maximum absolute atomic E-state index is 5.80. The number of halogens is 1. The molecule has 1 aromatic heterocycles. The molecule has 1 aromatic rings. The van der Waals surface area contributed by atoms with Crippen LogP contribution in [0.3, 0.4) is 0 Å². The number of aromatic nitrogens is 2. The van der Waals surface area contributed by atoms with Gasteiger partial charge in [0.1, 0.15) is 5.38 Å². The molecule has 1 heterocycles. The standard InChI is InChI=1S/C9H15ClN2O/c1-5(2)6(3)8-11-12-9(13-8)7(4)10/h5-7H,1-4H3. The van der Waals surface area contributed by atoms with Crippen molar-refractivity contribution in [3.8, 4) is 0 Å². The van der Waals surface area contributed by atoms with E-state index in [-0.39, 0.29) is 11.3 Å². The fourth-order valence-electron chi connectivity index (χ4n) is 0.876. The number of alkyl halides is 1. The molecule has 4 heteroatoms. The summed E-state index contributed by atoms with van der Waals surface area (Å²) in [7, 11) is 0. The molecule has 0 aliphatic rings. The highest BCUT2D eigenvalue weighted by Gasteiger charge is 2.18. The van der Waals surface area contributed by atoms with Crippen LogP contribution < -0.4 is 0 Å². The molecule has 13 heavy (non-hydrogen) atoms. The number of hydrogen-bond donors (Lipinski definition) is 0. The summed E-state index contributed by atoms with van der Waals surface area (Å²) in [6, 6.07) is 0. The Hall–Kier alpha value is -0.570. The summed E-state index contributed by atoms with van der Waals surface area (Å²) in [5.41, 5.74) is 0. The molecule has 0 saturated carbocycles. The largest absolute Gasteiger partial charge is 0.423 e. The van der Waals surface area contributed by atoms with Crippen molar-refractivity contribution < 1.29 is 4.42 Å². The molecule has 2 atom stereocenters. The molecule has 0 spiro atoms. The number of rotatable bonds is 3. The van der Waals surface area contributed by atoms with Crippen molar-refractivity contribution in [3.05, 3.63) is 11.8 Å². The lowest BCUT2D eigenvalue weighted by molar-refractivity contribution is 0.381. The predicted molar refractivity (Wildman–Crippen MR) is 51.8 cm³/mol. The molecule has 3 nitrogen and oxygen atoms in total. The van der Waals surface area contributed by atoms with Gasteiger partial charge in [0.05, 0.1) is 0 Å². The van der Waals surface area contributed by atoms with Crippen LogP contribution in [-0.2, 0) is 0 Å². The molecule has 0 fully saturated rings. The van der Waals surface area contributed by atoms with E-state index >= 15 is 0 Å². The van der Waals surface area contributed by atoms with Crippen LogP contribution in [0.5, 0.6) is 0 Å². The second-order valence-electron chi connectivity index (χ2n) is 3.63. The Morgan fingerprint density at radius 1 is 1.08 bits per heavy atom. The molecule has 1 rings (SSSR count). The first kappa shape index (κ1) is 10.5. The van der Waals surface area contributed by atoms with E-state index in [0.29, 0.717) is 17.7 Å². The van der Waals surface area contributed by atoms with Crippen LogP contribution in [0, 0.1) is 5.92 Å². The van der Waals surface area contributed by atoms with Gasteiger partial charge in [-0.25, -0.2) is 0 Å². The van der Waals surface area contributed by atoms with E-state index in [0.717, 1.165) is 0 Å². The Kier molecular flexibility index (Phi) is 3.31. The molecule has 0 aliphatic carbocycles. The van der Waals surface area contributed by atoms with Gasteiger partial charge < -0.3 is 4.42 Å². The van der Waals surface area contributed by atoms with Crippen LogP contribution in [0.1, 0.15) is 50.8 Å². The van der Waals surface area contributed by atoms with Crippen LogP contribution in [0.4, 0.5) is 0 Å². The fraction of sp³-hybridized carbons (Fsp3) is 0.778. The lowest BCUT2D eigenvalue weighted by Gasteiger charge is -2.09. The van der Waals surface area contributed by atoms with Gasteiger partial charge in [0.25, 0.3) is 0 Å². The molecular weight excluding hydrogens is 188 g/mol. The third kappa shape index (κ3) is 2.44. The number of nitrogens with zero attached hydrogens (tertiary/aromatic N) is 2. The molecule has 0 amide bonds. The molecular formula is C9H15ClN2O. The van der Waals surface area contributed by atoms with Gasteiger partial charge in [-0.2, -0.15) is 0 Å². The van der Waals surface area contributed by atoms with Crippen LogP contribution in [0.25, 0.3) is 0 Å². The maximum Gasteiger partial charge on any atom is 0.234 e. The summed E-state index contributed by atoms with van der Waals surface area (Å²) in [6.45, 7) is 8.14. The van der Waals surface area contributed by atoms with Crippen LogP contribution in [-0.4, -0.2) is 10.2 Å². The Morgan fingerprint density at radius 3 is 2.00 bits per heavy atom. The second-order valence-corrected chi connectivity index (χ2v) is 4.28. The van der Waals surface area contributed by atoms with Crippen molar-refractivity contribution in [1.29, 1.82) is 0 Å². The summed E-state index contributed by atoms with van der Waals surface area (Å²) < 4.78 is 5.41. The Bertz CT molecular complexity index is 270. The van der Waals surface area contributed by atoms with Gasteiger partial charge in [0, 0.05) is 5.92 Å². The average molecular weight is 203 g/mol. The normalized spacial score (nSPS) is 16.2. The van der Waals surface area contributed by atoms with Crippen molar-refractivity contribution >= 4 is 11.6 Å². The van der Waals surface area contributed by atoms with E-state index in [4.69, 9.17) is 16.0 Å². The first-order chi connectivity index (χ1) is 6.02. The highest BCUT2D eigenvalue weighted by atomic mass is 35.5. The van der Waals surface area contributed by atoms with Gasteiger partial charge in [-0.05, 0) is 12.8 Å². The molecule has 0 aromatic carbocycles. The highest BCUT2D eigenvalue weighted by molar-refractivity contribution is 6.20. The van der Waals surface area contributed by atoms with Gasteiger partial charge in [-0.15, -0.1) is 21.8 Å². The van der Waals surface area contributed by atoms with E-state index < -0.39 is 0 Å². The lowest BCUT2D eigenvalue weighted by atomic mass is 9.98. The summed E-state index contributed by atoms with van der Waals surface area (Å²) in [4.78, 5) is 0. The van der Waals surface area contributed by atoms with Crippen molar-refractivity contribution in [1.82, 2.24) is 10.2 Å². The summed E-state index contributed by atoms with van der Waals surface area (Å²) >= 11 is 5.80. The van der Waals surface area contributed by atoms with Gasteiger partial charge in [-0.1, -0.05) is 20.8 Å². The molecule has 74 valence electrons. The van der Waals surface area contributed by atoms with Crippen molar-refractivity contribution in [2.24, 2.45) is 5.92 Å². The van der Waals surface area contributed by atoms with Crippen LogP contribution in [0.15, 0.2) is 4.42 Å². The van der Waals surface area contributed by atoms with Crippen molar-refractivity contribution in [3.63, 3.8) is 0 Å². The van der Waals surface area contributed by atoms with Gasteiger partial charge in [0.15, 0.2) is 0 Å². The summed E-state index contributed by atoms with van der Waals surface area (Å²) in [5, 5.41) is 7.62. The Morgan fingerprint density at radius 2 is 1.62 bits per heavy atom. The third-order valence-electron chi connectivity index (χ3n) is 2.19. The average Bonchev–Trinajstić information content (AvgIpc) is 2.50. The smallest absolute Gasteiger partial charge is 0.234 e. The Labute approximate surface area is 83.5 Å². The minimum atomic E-state index is -0.208. The van der Waals surface area contributed by atoms with Gasteiger partial charge >= 0.3 is 0 Å². The van der Waals surface area contributed by atoms with E-state index in [2.05, 4.69) is 31.0 Å². The van der Waals surface area contributed by atoms with Gasteiger partial charge in [-0.3, -0.25) is 0 Å². The zero-order valence-electron chi connectivity index (χ0n) is 8.41. The minimum Gasteiger partial charge on any atom is -0.423 e. The molecule has 2 unspecified atom stereocenters. The monoisotopic (exact) mass is 202 g/mol. The third-order valence-corrected chi connectivity index (χ3v) is 2.37. The quantitative estimate of drug-likeness (QED) is 0.707. The molecule has 0 saturated heterocycles. The van der Waals surface area contributed by atoms with E-state index in [1.54, 1.807) is 0 Å². The summed E-state index contributed by atoms with van der Waals surface area (Å²) in [5.74, 6) is 1.97. The fourth-order valence-corrected chi connectivity index (χ4v) is 0.965. The Balaban J connectivity index is 2.79. The highest BCUT2D eigenvalue weighted by Crippen LogP contribution is 2.25. The molecule has 0 bridgehead atoms. The van der Waals surface area contributed by atoms with Crippen LogP contribution >= 0.6 is 11.6 Å². The minimum absolute atomic E-state index is 0.208. The predicted octanol–water partition coefficient (Wildman–Crippen LogP) is 3.13. The zero-order chi connectivity index (χ0) is 10.0. The molecule has 0 radical (unpaired) electrons. The number of hydrogen-bond acceptors (Lipinski definition) is 3. The van der Waals surface area contributed by atoms with Crippen molar-refractivity contribution in [2.75, 3.05) is 0 Å². The molecule has 0 N–H and O–H groups in total. The topological polar surface area (TPSA) is 38.9 Å². The first-order valence-corrected chi connectivity index (χ1v) is 4.93. The lowest BCUT2D eigenvalue weighted by Crippen LogP contribution is -2.01. The molecule has 0 aliphatic heterocycles. The maximum atomic E-state index is 5.80. The van der Waals surface area contributed by atoms with E-state index in [1.165, 1.54) is 0 Å². The van der Waals surface area contributed by atoms with Gasteiger partial charge in [0.2, 0.25) is 11.8 Å². The van der Waals surface area contributed by atoms with Crippen molar-refractivity contribution in [2.45, 2.75) is 39.0 Å². The zero-order valence-corrected chi connectivity index (χ0v) is 9.17. The first-order valence-electron chi connectivity index (χ1n) is 4.49. The van der Waals surface area contributed by atoms with Crippen LogP contribution in [0.2, 0.25) is 0 Å². The second kappa shape index (κ2) is 4.09. The van der Waals surface area contributed by atoms with E-state index in [9.17, 15) is 0 Å². The summed E-state index contributed by atoms with van der Waals surface area (Å²) in [6.07, 6.45) is 0. The van der Waals surface area contributed by atoms with E-state index in [1.807, 2.05) is 6.92 Å².